The summed E-state index contributed by atoms with van der Waals surface area (Å²) >= 11 is 3.22. The quantitative estimate of drug-likeness (QED) is 0.539. The summed E-state index contributed by atoms with van der Waals surface area (Å²) in [4.78, 5) is 12.4. The second-order valence-corrected chi connectivity index (χ2v) is 8.01. The van der Waals surface area contributed by atoms with E-state index in [-0.39, 0.29) is 11.3 Å². The van der Waals surface area contributed by atoms with E-state index >= 15 is 0 Å². The molecule has 0 saturated heterocycles. The molecule has 3 rings (SSSR count). The number of ether oxygens (including phenoxy) is 1. The lowest BCUT2D eigenvalue weighted by Gasteiger charge is -2.21. The number of hydrogen-bond donors (Lipinski definition) is 2. The fourth-order valence-corrected chi connectivity index (χ4v) is 3.55. The third-order valence-corrected chi connectivity index (χ3v) is 5.11. The van der Waals surface area contributed by atoms with Crippen LogP contribution in [0.2, 0.25) is 0 Å². The zero-order chi connectivity index (χ0) is 22.1. The van der Waals surface area contributed by atoms with Gasteiger partial charge in [-0.05, 0) is 42.7 Å². The monoisotopic (exact) mass is 493 g/mol. The zero-order valence-electron chi connectivity index (χ0n) is 15.4. The Morgan fingerprint density at radius 3 is 2.50 bits per heavy atom. The van der Waals surface area contributed by atoms with Gasteiger partial charge in [-0.15, -0.1) is 0 Å². The number of amides is 1. The average Bonchev–Trinajstić information content (AvgIpc) is 3.39. The molecule has 1 atom stereocenters. The molecule has 2 aromatic rings. The first-order valence-electron chi connectivity index (χ1n) is 8.92. The Kier molecular flexibility index (Phi) is 6.37. The van der Waals surface area contributed by atoms with Crippen LogP contribution in [-0.4, -0.2) is 23.8 Å². The number of hydrogen-bond acceptors (Lipinski definition) is 3. The number of carbonyl (C=O) groups excluding carboxylic acids is 1. The van der Waals surface area contributed by atoms with Gasteiger partial charge in [-0.3, -0.25) is 4.79 Å². The van der Waals surface area contributed by atoms with E-state index in [0.29, 0.717) is 28.9 Å². The van der Waals surface area contributed by atoms with E-state index in [4.69, 9.17) is 4.74 Å². The fourth-order valence-electron chi connectivity index (χ4n) is 3.07. The van der Waals surface area contributed by atoms with Crippen LogP contribution in [0.15, 0.2) is 40.9 Å². The Morgan fingerprint density at radius 1 is 1.20 bits per heavy atom. The van der Waals surface area contributed by atoms with E-state index in [1.165, 1.54) is 12.1 Å². The molecule has 1 amide bonds. The minimum absolute atomic E-state index is 0.00866. The normalized spacial score (nSPS) is 16.1. The van der Waals surface area contributed by atoms with Crippen LogP contribution in [0.3, 0.4) is 0 Å². The second-order valence-electron chi connectivity index (χ2n) is 7.10. The number of nitrogens with one attached hydrogen (secondary N) is 1. The number of alkyl halides is 3. The number of aliphatic hydroxyl groups is 1. The molecule has 30 heavy (non-hydrogen) atoms. The third-order valence-electron chi connectivity index (χ3n) is 4.66. The highest BCUT2D eigenvalue weighted by atomic mass is 79.9. The molecule has 1 aliphatic rings. The highest BCUT2D eigenvalue weighted by molar-refractivity contribution is 9.10. The van der Waals surface area contributed by atoms with Crippen LogP contribution in [0, 0.1) is 11.6 Å². The molecule has 1 saturated carbocycles. The van der Waals surface area contributed by atoms with Crippen molar-refractivity contribution in [1.29, 1.82) is 0 Å². The predicted molar refractivity (Wildman–Crippen MR) is 101 cm³/mol. The van der Waals surface area contributed by atoms with Gasteiger partial charge in [-0.2, -0.15) is 13.2 Å². The average molecular weight is 494 g/mol. The van der Waals surface area contributed by atoms with E-state index in [2.05, 4.69) is 21.2 Å². The molecule has 0 aliphatic heterocycles. The first kappa shape index (κ1) is 22.5. The maximum Gasteiger partial charge on any atom is 0.422 e. The molecule has 0 spiro atoms. The van der Waals surface area contributed by atoms with Crippen LogP contribution < -0.4 is 10.1 Å². The number of halogens is 6. The minimum atomic E-state index is -4.49. The summed E-state index contributed by atoms with van der Waals surface area (Å²) in [5.74, 6) is -2.36. The zero-order valence-corrected chi connectivity index (χ0v) is 17.0. The Bertz CT molecular complexity index is 947. The van der Waals surface area contributed by atoms with Gasteiger partial charge in [0.2, 0.25) is 5.91 Å². The Labute approximate surface area is 177 Å². The SMILES string of the molecule is O=C(C[C@H](O)c1ccc(F)cc1F)NC1(c2cc(Br)cc(OCC(F)(F)F)c2)CC1. The first-order valence-corrected chi connectivity index (χ1v) is 9.71. The summed E-state index contributed by atoms with van der Waals surface area (Å²) in [7, 11) is 0. The smallest absolute Gasteiger partial charge is 0.422 e. The van der Waals surface area contributed by atoms with Gasteiger partial charge in [0.1, 0.15) is 17.4 Å². The number of benzene rings is 2. The number of aliphatic hydroxyl groups excluding tert-OH is 1. The predicted octanol–water partition coefficient (Wildman–Crippen LogP) is 4.90. The van der Waals surface area contributed by atoms with Crippen molar-refractivity contribution in [2.75, 3.05) is 6.61 Å². The van der Waals surface area contributed by atoms with Crippen LogP contribution in [-0.2, 0) is 10.3 Å². The standard InChI is InChI=1S/C20H17BrF5NO3/c21-12-5-11(6-14(7-12)30-10-20(24,25)26)19(3-4-19)27-18(29)9-17(28)15-2-1-13(22)8-16(15)23/h1-2,5-8,17,28H,3-4,9-10H2,(H,27,29)/t17-/m0/s1. The lowest BCUT2D eigenvalue weighted by Crippen LogP contribution is -2.35. The van der Waals surface area contributed by atoms with Gasteiger partial charge >= 0.3 is 6.18 Å². The van der Waals surface area contributed by atoms with Crippen LogP contribution >= 0.6 is 15.9 Å². The molecule has 162 valence electrons. The Balaban J connectivity index is 1.69. The van der Waals surface area contributed by atoms with Crippen molar-refractivity contribution in [2.45, 2.75) is 37.1 Å². The van der Waals surface area contributed by atoms with Crippen molar-refractivity contribution >= 4 is 21.8 Å². The minimum Gasteiger partial charge on any atom is -0.484 e. The molecule has 10 heteroatoms. The van der Waals surface area contributed by atoms with Crippen LogP contribution in [0.1, 0.15) is 36.5 Å². The summed E-state index contributed by atoms with van der Waals surface area (Å²) < 4.78 is 69.3. The summed E-state index contributed by atoms with van der Waals surface area (Å²) in [5, 5.41) is 12.9. The molecule has 0 bridgehead atoms. The van der Waals surface area contributed by atoms with E-state index in [1.54, 1.807) is 6.07 Å². The summed E-state index contributed by atoms with van der Waals surface area (Å²) in [6.45, 7) is -1.45. The summed E-state index contributed by atoms with van der Waals surface area (Å²) in [6.07, 6.45) is -5.35. The molecule has 0 unspecified atom stereocenters. The van der Waals surface area contributed by atoms with Crippen molar-refractivity contribution in [3.05, 3.63) is 63.6 Å². The van der Waals surface area contributed by atoms with Gasteiger partial charge < -0.3 is 15.2 Å². The molecule has 1 fully saturated rings. The molecular formula is C20H17BrF5NO3. The van der Waals surface area contributed by atoms with Crippen LogP contribution in [0.5, 0.6) is 5.75 Å². The molecule has 2 N–H and O–H groups in total. The topological polar surface area (TPSA) is 58.6 Å². The Hall–Kier alpha value is -2.20. The number of carbonyl (C=O) groups is 1. The van der Waals surface area contributed by atoms with Crippen molar-refractivity contribution < 1.29 is 36.6 Å². The lowest BCUT2D eigenvalue weighted by atomic mass is 10.0. The molecule has 1 aliphatic carbocycles. The van der Waals surface area contributed by atoms with Gasteiger partial charge in [-0.25, -0.2) is 8.78 Å². The van der Waals surface area contributed by atoms with Crippen molar-refractivity contribution in [3.63, 3.8) is 0 Å². The van der Waals surface area contributed by atoms with E-state index in [0.717, 1.165) is 12.1 Å². The molecule has 0 radical (unpaired) electrons. The van der Waals surface area contributed by atoms with Gasteiger partial charge in [0.25, 0.3) is 0 Å². The molecular weight excluding hydrogens is 477 g/mol. The van der Waals surface area contributed by atoms with Gasteiger partial charge in [0.15, 0.2) is 6.61 Å². The van der Waals surface area contributed by atoms with Crippen LogP contribution in [0.4, 0.5) is 22.0 Å². The summed E-state index contributed by atoms with van der Waals surface area (Å²) in [5.41, 5.74) is -0.468. The lowest BCUT2D eigenvalue weighted by molar-refractivity contribution is -0.153. The molecule has 2 aromatic carbocycles. The van der Waals surface area contributed by atoms with Gasteiger partial charge in [0.05, 0.1) is 18.1 Å². The van der Waals surface area contributed by atoms with Gasteiger partial charge in [-0.1, -0.05) is 22.0 Å². The van der Waals surface area contributed by atoms with Crippen LogP contribution in [0.25, 0.3) is 0 Å². The molecule has 0 aromatic heterocycles. The first-order chi connectivity index (χ1) is 14.0. The molecule has 4 nitrogen and oxygen atoms in total. The number of rotatable bonds is 7. The van der Waals surface area contributed by atoms with E-state index < -0.39 is 48.4 Å². The largest absolute Gasteiger partial charge is 0.484 e. The van der Waals surface area contributed by atoms with Crippen molar-refractivity contribution in [3.8, 4) is 5.75 Å². The van der Waals surface area contributed by atoms with E-state index in [1.807, 2.05) is 0 Å². The fraction of sp³-hybridized carbons (Fsp3) is 0.350. The Morgan fingerprint density at radius 2 is 1.90 bits per heavy atom. The van der Waals surface area contributed by atoms with Crippen molar-refractivity contribution in [2.24, 2.45) is 0 Å². The van der Waals surface area contributed by atoms with Gasteiger partial charge in [0, 0.05) is 16.1 Å². The highest BCUT2D eigenvalue weighted by Gasteiger charge is 2.46. The maximum absolute atomic E-state index is 13.8. The molecule has 0 heterocycles. The third kappa shape index (κ3) is 5.69. The highest BCUT2D eigenvalue weighted by Crippen LogP contribution is 2.47. The summed E-state index contributed by atoms with van der Waals surface area (Å²) in [6, 6.07) is 7.11. The second kappa shape index (κ2) is 8.50. The van der Waals surface area contributed by atoms with E-state index in [9.17, 15) is 31.9 Å². The van der Waals surface area contributed by atoms with Crippen molar-refractivity contribution in [1.82, 2.24) is 5.32 Å². The maximum atomic E-state index is 13.8.